The van der Waals surface area contributed by atoms with Crippen molar-refractivity contribution in [3.05, 3.63) is 11.9 Å². The molecule has 0 aliphatic rings. The summed E-state index contributed by atoms with van der Waals surface area (Å²) in [5.74, 6) is -1.16. The standard InChI is InChI=1S/C12H19N3O4S/c1-8-6-14-12(20-7-10(16)17)15(8)9(2)11(18)13-4-5-19-3/h6,9H,4-5,7H2,1-3H3,(H,13,18)(H,16,17). The van der Waals surface area contributed by atoms with Gasteiger partial charge in [-0.15, -0.1) is 0 Å². The first-order valence-corrected chi connectivity index (χ1v) is 7.11. The van der Waals surface area contributed by atoms with Crippen LogP contribution in [-0.4, -0.2) is 52.5 Å². The number of imidazole rings is 1. The molecule has 1 heterocycles. The minimum Gasteiger partial charge on any atom is -0.481 e. The second kappa shape index (κ2) is 7.91. The molecule has 0 saturated carbocycles. The third kappa shape index (κ3) is 4.53. The quantitative estimate of drug-likeness (QED) is 0.542. The lowest BCUT2D eigenvalue weighted by atomic mass is 10.3. The summed E-state index contributed by atoms with van der Waals surface area (Å²) >= 11 is 1.10. The zero-order valence-corrected chi connectivity index (χ0v) is 12.6. The van der Waals surface area contributed by atoms with Gasteiger partial charge in [0.25, 0.3) is 0 Å². The highest BCUT2D eigenvalue weighted by atomic mass is 32.2. The van der Waals surface area contributed by atoms with Crippen LogP contribution in [-0.2, 0) is 14.3 Å². The number of carbonyl (C=O) groups is 2. The van der Waals surface area contributed by atoms with Crippen molar-refractivity contribution >= 4 is 23.6 Å². The zero-order chi connectivity index (χ0) is 15.1. The van der Waals surface area contributed by atoms with Crippen LogP contribution in [0.25, 0.3) is 0 Å². The average molecular weight is 301 g/mol. The van der Waals surface area contributed by atoms with E-state index >= 15 is 0 Å². The zero-order valence-electron chi connectivity index (χ0n) is 11.8. The van der Waals surface area contributed by atoms with Gasteiger partial charge in [-0.1, -0.05) is 11.8 Å². The third-order valence-corrected chi connectivity index (χ3v) is 3.60. The predicted molar refractivity (Wildman–Crippen MR) is 74.9 cm³/mol. The van der Waals surface area contributed by atoms with E-state index in [0.29, 0.717) is 18.3 Å². The molecule has 1 rings (SSSR count). The molecule has 1 atom stereocenters. The Kier molecular flexibility index (Phi) is 6.53. The highest BCUT2D eigenvalue weighted by Crippen LogP contribution is 2.22. The molecular weight excluding hydrogens is 282 g/mol. The minimum absolute atomic E-state index is 0.0888. The molecule has 0 aliphatic heterocycles. The van der Waals surface area contributed by atoms with Crippen molar-refractivity contribution in [2.75, 3.05) is 26.0 Å². The van der Waals surface area contributed by atoms with Gasteiger partial charge < -0.3 is 19.7 Å². The Labute approximate surface area is 121 Å². The molecule has 0 bridgehead atoms. The molecule has 0 saturated heterocycles. The molecule has 112 valence electrons. The first-order chi connectivity index (χ1) is 9.47. The van der Waals surface area contributed by atoms with Crippen molar-refractivity contribution < 1.29 is 19.4 Å². The maximum Gasteiger partial charge on any atom is 0.313 e. The van der Waals surface area contributed by atoms with Crippen molar-refractivity contribution in [2.24, 2.45) is 0 Å². The summed E-state index contributed by atoms with van der Waals surface area (Å²) in [6, 6.07) is -0.453. The molecule has 20 heavy (non-hydrogen) atoms. The number of nitrogens with zero attached hydrogens (tertiary/aromatic N) is 2. The summed E-state index contributed by atoms with van der Waals surface area (Å²) < 4.78 is 6.60. The number of aromatic nitrogens is 2. The molecule has 1 unspecified atom stereocenters. The van der Waals surface area contributed by atoms with Gasteiger partial charge >= 0.3 is 5.97 Å². The Morgan fingerprint density at radius 1 is 1.60 bits per heavy atom. The molecule has 0 radical (unpaired) electrons. The average Bonchev–Trinajstić information content (AvgIpc) is 2.76. The molecule has 0 fully saturated rings. The Hall–Kier alpha value is -1.54. The number of aryl methyl sites for hydroxylation is 1. The summed E-state index contributed by atoms with van der Waals surface area (Å²) in [5, 5.41) is 12.0. The molecule has 0 aliphatic carbocycles. The maximum absolute atomic E-state index is 12.0. The van der Waals surface area contributed by atoms with E-state index in [9.17, 15) is 9.59 Å². The number of carboxylic acids is 1. The first kappa shape index (κ1) is 16.5. The van der Waals surface area contributed by atoms with E-state index in [-0.39, 0.29) is 11.7 Å². The number of methoxy groups -OCH3 is 1. The van der Waals surface area contributed by atoms with Crippen LogP contribution in [0.3, 0.4) is 0 Å². The van der Waals surface area contributed by atoms with E-state index in [1.807, 2.05) is 6.92 Å². The van der Waals surface area contributed by atoms with E-state index in [2.05, 4.69) is 10.3 Å². The first-order valence-electron chi connectivity index (χ1n) is 6.12. The highest BCUT2D eigenvalue weighted by Gasteiger charge is 2.20. The van der Waals surface area contributed by atoms with Crippen LogP contribution in [0.5, 0.6) is 0 Å². The molecule has 7 nitrogen and oxygen atoms in total. The SMILES string of the molecule is COCCNC(=O)C(C)n1c(C)cnc1SCC(=O)O. The smallest absolute Gasteiger partial charge is 0.313 e. The number of carboxylic acid groups (broad SMARTS) is 1. The Morgan fingerprint density at radius 2 is 2.30 bits per heavy atom. The van der Waals surface area contributed by atoms with E-state index in [1.165, 1.54) is 0 Å². The number of amides is 1. The van der Waals surface area contributed by atoms with Crippen LogP contribution in [0.4, 0.5) is 0 Å². The summed E-state index contributed by atoms with van der Waals surface area (Å²) in [4.78, 5) is 26.8. The van der Waals surface area contributed by atoms with Crippen LogP contribution in [0, 0.1) is 6.92 Å². The Bertz CT molecular complexity index is 475. The number of thioether (sulfide) groups is 1. The molecule has 2 N–H and O–H groups in total. The fraction of sp³-hybridized carbons (Fsp3) is 0.583. The fourth-order valence-corrected chi connectivity index (χ4v) is 2.49. The van der Waals surface area contributed by atoms with Gasteiger partial charge in [0.2, 0.25) is 5.91 Å². The maximum atomic E-state index is 12.0. The van der Waals surface area contributed by atoms with Crippen molar-refractivity contribution in [1.29, 1.82) is 0 Å². The van der Waals surface area contributed by atoms with Gasteiger partial charge in [0.1, 0.15) is 6.04 Å². The Morgan fingerprint density at radius 3 is 2.90 bits per heavy atom. The van der Waals surface area contributed by atoms with Crippen LogP contribution in [0.15, 0.2) is 11.4 Å². The van der Waals surface area contributed by atoms with Crippen LogP contribution < -0.4 is 5.32 Å². The normalized spacial score (nSPS) is 12.2. The second-order valence-corrected chi connectivity index (χ2v) is 5.14. The van der Waals surface area contributed by atoms with Crippen LogP contribution in [0.1, 0.15) is 18.7 Å². The van der Waals surface area contributed by atoms with E-state index in [1.54, 1.807) is 24.8 Å². The van der Waals surface area contributed by atoms with E-state index in [0.717, 1.165) is 17.5 Å². The molecule has 1 aromatic rings. The lowest BCUT2D eigenvalue weighted by Gasteiger charge is -2.17. The lowest BCUT2D eigenvalue weighted by Crippen LogP contribution is -2.33. The molecular formula is C12H19N3O4S. The van der Waals surface area contributed by atoms with Crippen LogP contribution >= 0.6 is 11.8 Å². The number of aliphatic carboxylic acids is 1. The largest absolute Gasteiger partial charge is 0.481 e. The van der Waals surface area contributed by atoms with Crippen LogP contribution in [0.2, 0.25) is 0 Å². The minimum atomic E-state index is -0.917. The molecule has 0 aromatic carbocycles. The summed E-state index contributed by atoms with van der Waals surface area (Å²) in [6.45, 7) is 4.46. The summed E-state index contributed by atoms with van der Waals surface area (Å²) in [7, 11) is 1.57. The molecule has 1 aromatic heterocycles. The molecule has 1 amide bonds. The van der Waals surface area contributed by atoms with E-state index in [4.69, 9.17) is 9.84 Å². The van der Waals surface area contributed by atoms with Crippen molar-refractivity contribution in [3.63, 3.8) is 0 Å². The number of rotatable bonds is 8. The lowest BCUT2D eigenvalue weighted by molar-refractivity contribution is -0.133. The summed E-state index contributed by atoms with van der Waals surface area (Å²) in [6.07, 6.45) is 1.63. The fourth-order valence-electron chi connectivity index (χ4n) is 1.67. The van der Waals surface area contributed by atoms with Gasteiger partial charge in [-0.2, -0.15) is 0 Å². The Balaban J connectivity index is 2.75. The number of carbonyl (C=O) groups excluding carboxylic acids is 1. The monoisotopic (exact) mass is 301 g/mol. The number of hydrogen-bond donors (Lipinski definition) is 2. The van der Waals surface area contributed by atoms with Crippen molar-refractivity contribution in [1.82, 2.24) is 14.9 Å². The number of nitrogens with one attached hydrogen (secondary N) is 1. The van der Waals surface area contributed by atoms with Gasteiger partial charge in [-0.05, 0) is 13.8 Å². The van der Waals surface area contributed by atoms with Crippen molar-refractivity contribution in [2.45, 2.75) is 25.0 Å². The van der Waals surface area contributed by atoms with E-state index < -0.39 is 12.0 Å². The van der Waals surface area contributed by atoms with Gasteiger partial charge in [0, 0.05) is 25.5 Å². The number of ether oxygens (including phenoxy) is 1. The summed E-state index contributed by atoms with van der Waals surface area (Å²) in [5.41, 5.74) is 0.812. The van der Waals surface area contributed by atoms with Crippen molar-refractivity contribution in [3.8, 4) is 0 Å². The second-order valence-electron chi connectivity index (χ2n) is 4.19. The molecule has 0 spiro atoms. The van der Waals surface area contributed by atoms with Gasteiger partial charge in [0.15, 0.2) is 5.16 Å². The van der Waals surface area contributed by atoms with Gasteiger partial charge in [0.05, 0.1) is 12.4 Å². The predicted octanol–water partition coefficient (Wildman–Crippen LogP) is 0.692. The highest BCUT2D eigenvalue weighted by molar-refractivity contribution is 7.99. The topological polar surface area (TPSA) is 93.5 Å². The third-order valence-electron chi connectivity index (χ3n) is 2.64. The van der Waals surface area contributed by atoms with Gasteiger partial charge in [-0.25, -0.2) is 4.98 Å². The molecule has 8 heteroatoms. The number of hydrogen-bond acceptors (Lipinski definition) is 5. The van der Waals surface area contributed by atoms with Gasteiger partial charge in [-0.3, -0.25) is 9.59 Å².